The van der Waals surface area contributed by atoms with Crippen LogP contribution in [-0.2, 0) is 6.42 Å². The number of hydrogen-bond donors (Lipinski definition) is 1. The molecule has 1 unspecified atom stereocenters. The van der Waals surface area contributed by atoms with Gasteiger partial charge in [-0.05, 0) is 25.2 Å². The van der Waals surface area contributed by atoms with Gasteiger partial charge in [0.05, 0.1) is 11.8 Å². The molecular weight excluding hydrogens is 220 g/mol. The van der Waals surface area contributed by atoms with Crippen molar-refractivity contribution in [2.45, 2.75) is 39.2 Å². The maximum absolute atomic E-state index is 9.77. The highest BCUT2D eigenvalue weighted by Gasteiger charge is 2.09. The molecule has 0 radical (unpaired) electrons. The monoisotopic (exact) mass is 238 g/mol. The molecule has 0 aliphatic rings. The van der Waals surface area contributed by atoms with Gasteiger partial charge in [0.15, 0.2) is 4.96 Å². The number of fused-ring (bicyclic) bond motifs is 1. The van der Waals surface area contributed by atoms with Crippen LogP contribution in [0, 0.1) is 5.92 Å². The van der Waals surface area contributed by atoms with E-state index in [-0.39, 0.29) is 6.10 Å². The van der Waals surface area contributed by atoms with E-state index in [4.69, 9.17) is 0 Å². The fraction of sp³-hybridized carbons (Fsp3) is 0.583. The van der Waals surface area contributed by atoms with Crippen LogP contribution in [0.15, 0.2) is 17.8 Å². The molecule has 1 N–H and O–H groups in total. The highest BCUT2D eigenvalue weighted by molar-refractivity contribution is 7.15. The second-order valence-electron chi connectivity index (χ2n) is 4.65. The molecule has 1 atom stereocenters. The molecule has 0 amide bonds. The van der Waals surface area contributed by atoms with Gasteiger partial charge >= 0.3 is 0 Å². The number of aliphatic hydroxyl groups is 1. The van der Waals surface area contributed by atoms with Crippen LogP contribution in [0.1, 0.15) is 32.4 Å². The summed E-state index contributed by atoms with van der Waals surface area (Å²) in [5.41, 5.74) is 1.08. The van der Waals surface area contributed by atoms with Crippen LogP contribution in [0.3, 0.4) is 0 Å². The van der Waals surface area contributed by atoms with Crippen molar-refractivity contribution >= 4 is 16.3 Å². The van der Waals surface area contributed by atoms with Crippen LogP contribution in [0.5, 0.6) is 0 Å². The minimum absolute atomic E-state index is 0.195. The first-order valence-corrected chi connectivity index (χ1v) is 6.62. The summed E-state index contributed by atoms with van der Waals surface area (Å²) in [5.74, 6) is 0.556. The van der Waals surface area contributed by atoms with Crippen LogP contribution in [0.25, 0.3) is 4.96 Å². The van der Waals surface area contributed by atoms with Crippen molar-refractivity contribution in [2.75, 3.05) is 0 Å². The Kier molecular flexibility index (Phi) is 3.61. The smallest absolute Gasteiger partial charge is 0.193 e. The summed E-state index contributed by atoms with van der Waals surface area (Å²) in [5, 5.41) is 11.8. The Balaban J connectivity index is 1.88. The second kappa shape index (κ2) is 4.97. The maximum atomic E-state index is 9.77. The van der Waals surface area contributed by atoms with Crippen molar-refractivity contribution in [3.8, 4) is 0 Å². The van der Waals surface area contributed by atoms with Gasteiger partial charge in [-0.3, -0.25) is 4.40 Å². The van der Waals surface area contributed by atoms with Crippen molar-refractivity contribution in [3.63, 3.8) is 0 Å². The zero-order valence-electron chi connectivity index (χ0n) is 9.76. The van der Waals surface area contributed by atoms with Crippen molar-refractivity contribution < 1.29 is 5.11 Å². The van der Waals surface area contributed by atoms with Gasteiger partial charge in [0.25, 0.3) is 0 Å². The molecule has 0 aliphatic heterocycles. The third-order valence-corrected chi connectivity index (χ3v) is 3.39. The summed E-state index contributed by atoms with van der Waals surface area (Å²) >= 11 is 1.64. The Morgan fingerprint density at radius 3 is 3.00 bits per heavy atom. The largest absolute Gasteiger partial charge is 0.393 e. The van der Waals surface area contributed by atoms with Gasteiger partial charge in [-0.15, -0.1) is 11.3 Å². The van der Waals surface area contributed by atoms with E-state index in [9.17, 15) is 5.11 Å². The van der Waals surface area contributed by atoms with E-state index in [0.717, 1.165) is 29.9 Å². The van der Waals surface area contributed by atoms with Crippen LogP contribution in [0.4, 0.5) is 0 Å². The lowest BCUT2D eigenvalue weighted by Crippen LogP contribution is -2.11. The number of aryl methyl sites for hydroxylation is 1. The number of aliphatic hydroxyl groups excluding tert-OH is 1. The van der Waals surface area contributed by atoms with Gasteiger partial charge < -0.3 is 5.11 Å². The van der Waals surface area contributed by atoms with Crippen LogP contribution >= 0.6 is 11.3 Å². The molecular formula is C12H18N2OS. The number of imidazole rings is 1. The van der Waals surface area contributed by atoms with Crippen molar-refractivity contribution in [1.29, 1.82) is 0 Å². The highest BCUT2D eigenvalue weighted by atomic mass is 32.1. The van der Waals surface area contributed by atoms with E-state index in [1.165, 1.54) is 0 Å². The van der Waals surface area contributed by atoms with Gasteiger partial charge in [0, 0.05) is 17.8 Å². The average molecular weight is 238 g/mol. The molecule has 0 aromatic carbocycles. The van der Waals surface area contributed by atoms with Crippen molar-refractivity contribution in [2.24, 2.45) is 5.92 Å². The maximum Gasteiger partial charge on any atom is 0.193 e. The zero-order chi connectivity index (χ0) is 11.5. The van der Waals surface area contributed by atoms with Gasteiger partial charge in [-0.25, -0.2) is 4.98 Å². The first-order chi connectivity index (χ1) is 7.65. The number of aromatic nitrogens is 2. The van der Waals surface area contributed by atoms with Crippen molar-refractivity contribution in [3.05, 3.63) is 23.5 Å². The van der Waals surface area contributed by atoms with E-state index in [0.29, 0.717) is 5.92 Å². The Labute approximate surface area is 99.8 Å². The topological polar surface area (TPSA) is 37.5 Å². The van der Waals surface area contributed by atoms with Crippen LogP contribution < -0.4 is 0 Å². The lowest BCUT2D eigenvalue weighted by atomic mass is 10.0. The fourth-order valence-corrected chi connectivity index (χ4v) is 2.59. The van der Waals surface area contributed by atoms with E-state index in [2.05, 4.69) is 18.8 Å². The molecule has 4 heteroatoms. The summed E-state index contributed by atoms with van der Waals surface area (Å²) in [6.07, 6.45) is 6.42. The molecule has 0 saturated carbocycles. The molecule has 0 spiro atoms. The Bertz CT molecular complexity index is 418. The SMILES string of the molecule is CC(C)CC(O)CCc1cn2ccsc2n1. The van der Waals surface area contributed by atoms with E-state index in [1.807, 2.05) is 22.2 Å². The fourth-order valence-electron chi connectivity index (χ4n) is 1.87. The van der Waals surface area contributed by atoms with E-state index < -0.39 is 0 Å². The minimum Gasteiger partial charge on any atom is -0.393 e. The summed E-state index contributed by atoms with van der Waals surface area (Å²) in [4.78, 5) is 5.53. The third kappa shape index (κ3) is 2.83. The minimum atomic E-state index is -0.195. The summed E-state index contributed by atoms with van der Waals surface area (Å²) in [7, 11) is 0. The second-order valence-corrected chi connectivity index (χ2v) is 5.52. The predicted molar refractivity (Wildman–Crippen MR) is 66.9 cm³/mol. The van der Waals surface area contributed by atoms with Gasteiger partial charge in [-0.2, -0.15) is 0 Å². The lowest BCUT2D eigenvalue weighted by molar-refractivity contribution is 0.139. The molecule has 0 saturated heterocycles. The molecule has 0 fully saturated rings. The molecule has 3 nitrogen and oxygen atoms in total. The Morgan fingerprint density at radius 2 is 2.31 bits per heavy atom. The molecule has 2 heterocycles. The standard InChI is InChI=1S/C12H18N2OS/c1-9(2)7-11(15)4-3-10-8-14-5-6-16-12(14)13-10/h5-6,8-9,11,15H,3-4,7H2,1-2H3. The molecule has 0 bridgehead atoms. The van der Waals surface area contributed by atoms with Crippen LogP contribution in [-0.4, -0.2) is 20.6 Å². The summed E-state index contributed by atoms with van der Waals surface area (Å²) in [6, 6.07) is 0. The number of hydrogen-bond acceptors (Lipinski definition) is 3. The number of rotatable bonds is 5. The summed E-state index contributed by atoms with van der Waals surface area (Å²) in [6.45, 7) is 4.27. The molecule has 2 aromatic heterocycles. The normalized spacial score (nSPS) is 13.8. The quantitative estimate of drug-likeness (QED) is 0.869. The van der Waals surface area contributed by atoms with Crippen molar-refractivity contribution in [1.82, 2.24) is 9.38 Å². The molecule has 88 valence electrons. The van der Waals surface area contributed by atoms with Gasteiger partial charge in [0.1, 0.15) is 0 Å². The van der Waals surface area contributed by atoms with Gasteiger partial charge in [-0.1, -0.05) is 13.8 Å². The first-order valence-electron chi connectivity index (χ1n) is 5.74. The molecule has 16 heavy (non-hydrogen) atoms. The lowest BCUT2D eigenvalue weighted by Gasteiger charge is -2.11. The molecule has 2 rings (SSSR count). The Morgan fingerprint density at radius 1 is 1.50 bits per heavy atom. The summed E-state index contributed by atoms with van der Waals surface area (Å²) < 4.78 is 2.04. The van der Waals surface area contributed by atoms with Crippen LogP contribution in [0.2, 0.25) is 0 Å². The first kappa shape index (κ1) is 11.6. The predicted octanol–water partition coefficient (Wildman–Crippen LogP) is 2.74. The zero-order valence-corrected chi connectivity index (χ0v) is 10.6. The van der Waals surface area contributed by atoms with E-state index >= 15 is 0 Å². The molecule has 0 aliphatic carbocycles. The number of nitrogens with zero attached hydrogens (tertiary/aromatic N) is 2. The highest BCUT2D eigenvalue weighted by Crippen LogP contribution is 2.14. The van der Waals surface area contributed by atoms with E-state index in [1.54, 1.807) is 11.3 Å². The van der Waals surface area contributed by atoms with Gasteiger partial charge in [0.2, 0.25) is 0 Å². The number of thiazole rings is 1. The third-order valence-electron chi connectivity index (χ3n) is 2.62. The Hall–Kier alpha value is -0.870. The average Bonchev–Trinajstić information content (AvgIpc) is 2.72. The molecule has 2 aromatic rings.